The number of rotatable bonds is 1. The van der Waals surface area contributed by atoms with Crippen molar-refractivity contribution in [2.45, 2.75) is 38.2 Å². The van der Waals surface area contributed by atoms with E-state index < -0.39 is 0 Å². The Morgan fingerprint density at radius 3 is 2.60 bits per heavy atom. The molecule has 3 saturated carbocycles. The Balaban J connectivity index is 0.000000853. The molecule has 0 radical (unpaired) electrons. The summed E-state index contributed by atoms with van der Waals surface area (Å²) in [5, 5.41) is 0. The zero-order valence-electron chi connectivity index (χ0n) is 9.15. The van der Waals surface area contributed by atoms with Crippen LogP contribution in [0.15, 0.2) is 0 Å². The molecule has 0 heterocycles. The first-order valence-corrected chi connectivity index (χ1v) is 6.45. The molecule has 0 aromatic heterocycles. The smallest absolute Gasteiger partial charge is 0.510 e. The van der Waals surface area contributed by atoms with Gasteiger partial charge in [-0.1, -0.05) is 6.42 Å². The van der Waals surface area contributed by atoms with Gasteiger partial charge in [0.25, 0.3) is 0 Å². The fraction of sp³-hybridized carbons (Fsp3) is 0.909. The van der Waals surface area contributed by atoms with Gasteiger partial charge in [-0.15, -0.1) is 0 Å². The quantitative estimate of drug-likeness (QED) is 0.358. The summed E-state index contributed by atoms with van der Waals surface area (Å²) in [6, 6.07) is 0. The van der Waals surface area contributed by atoms with Gasteiger partial charge >= 0.3 is 29.6 Å². The minimum Gasteiger partial charge on any atom is -0.510 e. The minimum atomic E-state index is 0. The fourth-order valence-corrected chi connectivity index (χ4v) is 4.51. The average molecular weight is 250 g/mol. The second-order valence-corrected chi connectivity index (χ2v) is 6.06. The molecule has 0 amide bonds. The van der Waals surface area contributed by atoms with Crippen molar-refractivity contribution in [3.05, 3.63) is 0 Å². The molecule has 78 valence electrons. The van der Waals surface area contributed by atoms with Crippen LogP contribution >= 0.6 is 12.2 Å². The molecule has 5 atom stereocenters. The maximum Gasteiger partial charge on any atom is 1.00 e. The van der Waals surface area contributed by atoms with Crippen LogP contribution in [0.3, 0.4) is 0 Å². The number of fused-ring (bicyclic) bond motifs is 5. The number of thiocarbonyl (C=S) groups is 1. The molecular formula is C11H15NaOS2. The molecule has 3 aliphatic rings. The summed E-state index contributed by atoms with van der Waals surface area (Å²) in [7, 11) is 0. The van der Waals surface area contributed by atoms with Gasteiger partial charge < -0.3 is 29.6 Å². The van der Waals surface area contributed by atoms with Gasteiger partial charge in [0.2, 0.25) is 0 Å². The maximum absolute atomic E-state index is 5.60. The molecule has 1 nitrogen and oxygen atoms in total. The molecule has 0 spiro atoms. The topological polar surface area (TPSA) is 9.23 Å². The largest absolute Gasteiger partial charge is 1.00 e. The Morgan fingerprint density at radius 1 is 1.13 bits per heavy atom. The predicted octanol–water partition coefficient (Wildman–Crippen LogP) is -0.336. The van der Waals surface area contributed by atoms with Gasteiger partial charge in [0.05, 0.1) is 6.10 Å². The third kappa shape index (κ3) is 2.11. The Morgan fingerprint density at radius 2 is 1.87 bits per heavy atom. The molecular weight excluding hydrogens is 235 g/mol. The molecule has 0 aromatic rings. The van der Waals surface area contributed by atoms with Crippen LogP contribution in [0.5, 0.6) is 0 Å². The first kappa shape index (κ1) is 12.6. The summed E-state index contributed by atoms with van der Waals surface area (Å²) in [6.07, 6.45) is 7.32. The third-order valence-corrected chi connectivity index (χ3v) is 4.81. The van der Waals surface area contributed by atoms with Crippen molar-refractivity contribution in [2.75, 3.05) is 0 Å². The van der Waals surface area contributed by atoms with E-state index in [2.05, 4.69) is 0 Å². The molecule has 0 aromatic carbocycles. The van der Waals surface area contributed by atoms with Crippen molar-refractivity contribution in [3.63, 3.8) is 0 Å². The van der Waals surface area contributed by atoms with E-state index in [9.17, 15) is 0 Å². The summed E-state index contributed by atoms with van der Waals surface area (Å²) in [6.45, 7) is 0. The average Bonchev–Trinajstić information content (AvgIpc) is 2.68. The molecule has 3 fully saturated rings. The zero-order chi connectivity index (χ0) is 9.71. The predicted molar refractivity (Wildman–Crippen MR) is 61.9 cm³/mol. The van der Waals surface area contributed by atoms with Crippen LogP contribution in [0.2, 0.25) is 0 Å². The SMILES string of the molecule is S=C([S-])OC1C[C@H]2C[C@@H]1C1CCCC12.[Na+]. The van der Waals surface area contributed by atoms with Crippen molar-refractivity contribution in [3.8, 4) is 0 Å². The van der Waals surface area contributed by atoms with Crippen LogP contribution in [0, 0.1) is 23.7 Å². The van der Waals surface area contributed by atoms with E-state index in [0.717, 1.165) is 23.7 Å². The summed E-state index contributed by atoms with van der Waals surface area (Å²) in [4.78, 5) is 0. The second-order valence-electron chi connectivity index (χ2n) is 5.06. The molecule has 15 heavy (non-hydrogen) atoms. The van der Waals surface area contributed by atoms with Crippen molar-refractivity contribution in [1.82, 2.24) is 0 Å². The summed E-state index contributed by atoms with van der Waals surface area (Å²) in [5.74, 6) is 3.69. The molecule has 2 bridgehead atoms. The van der Waals surface area contributed by atoms with Crippen LogP contribution in [0.25, 0.3) is 0 Å². The first-order chi connectivity index (χ1) is 6.75. The van der Waals surface area contributed by atoms with Crippen molar-refractivity contribution < 1.29 is 34.3 Å². The van der Waals surface area contributed by atoms with Crippen LogP contribution in [0.4, 0.5) is 0 Å². The zero-order valence-corrected chi connectivity index (χ0v) is 12.8. The van der Waals surface area contributed by atoms with Crippen LogP contribution in [-0.4, -0.2) is 10.5 Å². The van der Waals surface area contributed by atoms with Crippen molar-refractivity contribution in [2.24, 2.45) is 23.7 Å². The normalized spacial score (nSPS) is 46.0. The molecule has 0 aliphatic heterocycles. The standard InChI is InChI=1S/C11H16OS2.Na/c13-11(14)12-10-5-6-4-9(10)8-3-1-2-7(6)8;/h6-10H,1-5H2,(H,13,14);/q;+1/p-1/t6-,7?,8?,9-,10?;/m1./s1. The van der Waals surface area contributed by atoms with E-state index in [1.807, 2.05) is 0 Å². The summed E-state index contributed by atoms with van der Waals surface area (Å²) >= 11 is 9.72. The molecule has 3 aliphatic carbocycles. The van der Waals surface area contributed by atoms with E-state index in [1.165, 1.54) is 32.1 Å². The third-order valence-electron chi connectivity index (χ3n) is 4.62. The van der Waals surface area contributed by atoms with E-state index in [0.29, 0.717) is 10.5 Å². The summed E-state index contributed by atoms with van der Waals surface area (Å²) < 4.78 is 5.93. The molecule has 0 N–H and O–H groups in total. The number of hydrogen-bond acceptors (Lipinski definition) is 3. The Kier molecular flexibility index (Phi) is 4.00. The van der Waals surface area contributed by atoms with E-state index in [-0.39, 0.29) is 29.6 Å². The van der Waals surface area contributed by atoms with Gasteiger partial charge in [0.15, 0.2) is 0 Å². The first-order valence-electron chi connectivity index (χ1n) is 5.63. The van der Waals surface area contributed by atoms with E-state index in [4.69, 9.17) is 29.6 Å². The van der Waals surface area contributed by atoms with Gasteiger partial charge in [-0.25, -0.2) is 0 Å². The van der Waals surface area contributed by atoms with Gasteiger partial charge in [0, 0.05) is 4.38 Å². The van der Waals surface area contributed by atoms with Crippen LogP contribution in [-0.2, 0) is 17.4 Å². The molecule has 3 unspecified atom stereocenters. The summed E-state index contributed by atoms with van der Waals surface area (Å²) in [5.41, 5.74) is 0. The number of ether oxygens (including phenoxy) is 1. The maximum atomic E-state index is 5.60. The van der Waals surface area contributed by atoms with Gasteiger partial charge in [-0.2, -0.15) is 0 Å². The van der Waals surface area contributed by atoms with Crippen LogP contribution < -0.4 is 29.6 Å². The Bertz CT molecular complexity index is 271. The minimum absolute atomic E-state index is 0. The second kappa shape index (κ2) is 4.77. The number of hydrogen-bond donors (Lipinski definition) is 0. The van der Waals surface area contributed by atoms with E-state index >= 15 is 0 Å². The van der Waals surface area contributed by atoms with Gasteiger partial charge in [-0.05, 0) is 49.4 Å². The molecule has 0 saturated heterocycles. The van der Waals surface area contributed by atoms with Crippen molar-refractivity contribution >= 4 is 29.2 Å². The fourth-order valence-electron chi connectivity index (χ4n) is 4.26. The van der Waals surface area contributed by atoms with Gasteiger partial charge in [0.1, 0.15) is 0 Å². The van der Waals surface area contributed by atoms with Crippen molar-refractivity contribution in [1.29, 1.82) is 0 Å². The Hall–Kier alpha value is 1.11. The molecule has 3 rings (SSSR count). The van der Waals surface area contributed by atoms with E-state index in [1.54, 1.807) is 0 Å². The van der Waals surface area contributed by atoms with Crippen LogP contribution in [0.1, 0.15) is 32.1 Å². The molecule has 4 heteroatoms. The monoisotopic (exact) mass is 250 g/mol. The van der Waals surface area contributed by atoms with Gasteiger partial charge in [-0.3, -0.25) is 0 Å². The Labute approximate surface area is 124 Å².